The Morgan fingerprint density at radius 1 is 1.35 bits per heavy atom. The maximum Gasteiger partial charge on any atom is 0.243 e. The SMILES string of the molecule is CC(C)CN(CCN(C)C)C(=O)C1(C#N)CC1. The van der Waals surface area contributed by atoms with Crippen molar-refractivity contribution in [2.75, 3.05) is 33.7 Å². The van der Waals surface area contributed by atoms with E-state index >= 15 is 0 Å². The van der Waals surface area contributed by atoms with E-state index in [1.807, 2.05) is 19.0 Å². The van der Waals surface area contributed by atoms with Crippen molar-refractivity contribution in [2.45, 2.75) is 26.7 Å². The lowest BCUT2D eigenvalue weighted by Crippen LogP contribution is -2.42. The molecule has 1 fully saturated rings. The molecule has 0 atom stereocenters. The van der Waals surface area contributed by atoms with Gasteiger partial charge in [0.25, 0.3) is 0 Å². The maximum absolute atomic E-state index is 12.3. The molecule has 0 bridgehead atoms. The number of hydrogen-bond acceptors (Lipinski definition) is 3. The molecule has 1 rings (SSSR count). The van der Waals surface area contributed by atoms with Crippen LogP contribution in [0.4, 0.5) is 0 Å². The average Bonchev–Trinajstić information content (AvgIpc) is 3.03. The Morgan fingerprint density at radius 3 is 2.29 bits per heavy atom. The Kier molecular flexibility index (Phi) is 4.53. The number of carbonyl (C=O) groups is 1. The summed E-state index contributed by atoms with van der Waals surface area (Å²) >= 11 is 0. The minimum absolute atomic E-state index is 0.0375. The lowest BCUT2D eigenvalue weighted by Gasteiger charge is -2.27. The van der Waals surface area contributed by atoms with Crippen molar-refractivity contribution >= 4 is 5.91 Å². The van der Waals surface area contributed by atoms with E-state index in [9.17, 15) is 4.79 Å². The number of nitrogens with zero attached hydrogens (tertiary/aromatic N) is 3. The van der Waals surface area contributed by atoms with Crippen LogP contribution in [0.3, 0.4) is 0 Å². The van der Waals surface area contributed by atoms with E-state index < -0.39 is 5.41 Å². The molecular weight excluding hydrogens is 214 g/mol. The van der Waals surface area contributed by atoms with E-state index in [-0.39, 0.29) is 5.91 Å². The molecule has 4 nitrogen and oxygen atoms in total. The van der Waals surface area contributed by atoms with Gasteiger partial charge >= 0.3 is 0 Å². The molecule has 17 heavy (non-hydrogen) atoms. The van der Waals surface area contributed by atoms with Crippen molar-refractivity contribution in [1.82, 2.24) is 9.80 Å². The summed E-state index contributed by atoms with van der Waals surface area (Å²) in [5.74, 6) is 0.478. The van der Waals surface area contributed by atoms with Gasteiger partial charge in [-0.05, 0) is 32.9 Å². The molecule has 1 amide bonds. The molecule has 0 aliphatic heterocycles. The van der Waals surface area contributed by atoms with Crippen molar-refractivity contribution in [3.05, 3.63) is 0 Å². The van der Waals surface area contributed by atoms with Crippen LogP contribution in [0.5, 0.6) is 0 Å². The Balaban J connectivity index is 2.63. The summed E-state index contributed by atoms with van der Waals surface area (Å²) in [6.07, 6.45) is 1.47. The Bertz CT molecular complexity index is 313. The highest BCUT2D eigenvalue weighted by Crippen LogP contribution is 2.46. The predicted octanol–water partition coefficient (Wildman–Crippen LogP) is 1.34. The molecule has 0 spiro atoms. The molecule has 1 saturated carbocycles. The van der Waals surface area contributed by atoms with Gasteiger partial charge in [-0.25, -0.2) is 0 Å². The molecule has 1 aliphatic rings. The summed E-state index contributed by atoms with van der Waals surface area (Å²) in [4.78, 5) is 16.2. The standard InChI is InChI=1S/C13H23N3O/c1-11(2)9-16(8-7-15(3)4)12(17)13(10-14)5-6-13/h11H,5-9H2,1-4H3. The van der Waals surface area contributed by atoms with Gasteiger partial charge in [0.2, 0.25) is 5.91 Å². The number of likely N-dealkylation sites (N-methyl/N-ethyl adjacent to an activating group) is 1. The van der Waals surface area contributed by atoms with Crippen LogP contribution in [0.15, 0.2) is 0 Å². The van der Waals surface area contributed by atoms with E-state index in [1.165, 1.54) is 0 Å². The van der Waals surface area contributed by atoms with Gasteiger partial charge in [0, 0.05) is 19.6 Å². The quantitative estimate of drug-likeness (QED) is 0.700. The van der Waals surface area contributed by atoms with E-state index in [0.717, 1.165) is 25.9 Å². The summed E-state index contributed by atoms with van der Waals surface area (Å²) in [5, 5.41) is 9.08. The Morgan fingerprint density at radius 2 is 1.94 bits per heavy atom. The molecule has 0 aromatic carbocycles. The highest BCUT2D eigenvalue weighted by Gasteiger charge is 2.52. The largest absolute Gasteiger partial charge is 0.340 e. The Hall–Kier alpha value is -1.08. The zero-order valence-corrected chi connectivity index (χ0v) is 11.4. The van der Waals surface area contributed by atoms with Crippen LogP contribution in [0.1, 0.15) is 26.7 Å². The zero-order chi connectivity index (χ0) is 13.1. The van der Waals surface area contributed by atoms with Gasteiger partial charge in [0.15, 0.2) is 0 Å². The topological polar surface area (TPSA) is 47.3 Å². The second-order valence-electron chi connectivity index (χ2n) is 5.64. The molecule has 0 N–H and O–H groups in total. The van der Waals surface area contributed by atoms with Crippen LogP contribution < -0.4 is 0 Å². The van der Waals surface area contributed by atoms with Gasteiger partial charge in [-0.15, -0.1) is 0 Å². The summed E-state index contributed by atoms with van der Waals surface area (Å²) in [7, 11) is 3.99. The third kappa shape index (κ3) is 3.71. The molecule has 0 aromatic rings. The van der Waals surface area contributed by atoms with Crippen LogP contribution in [0, 0.1) is 22.7 Å². The third-order valence-electron chi connectivity index (χ3n) is 3.06. The molecule has 4 heteroatoms. The highest BCUT2D eigenvalue weighted by molar-refractivity contribution is 5.88. The second kappa shape index (κ2) is 5.50. The van der Waals surface area contributed by atoms with Crippen molar-refractivity contribution in [2.24, 2.45) is 11.3 Å². The number of amides is 1. The molecule has 0 saturated heterocycles. The summed E-state index contributed by atoms with van der Waals surface area (Å²) < 4.78 is 0. The first-order valence-corrected chi connectivity index (χ1v) is 6.26. The molecule has 0 aromatic heterocycles. The van der Waals surface area contributed by atoms with E-state index in [4.69, 9.17) is 5.26 Å². The maximum atomic E-state index is 12.3. The van der Waals surface area contributed by atoms with Gasteiger partial charge < -0.3 is 9.80 Å². The van der Waals surface area contributed by atoms with Crippen molar-refractivity contribution in [3.63, 3.8) is 0 Å². The normalized spacial score (nSPS) is 17.0. The monoisotopic (exact) mass is 237 g/mol. The van der Waals surface area contributed by atoms with Crippen LogP contribution in [0.25, 0.3) is 0 Å². The molecule has 0 heterocycles. The van der Waals surface area contributed by atoms with Crippen molar-refractivity contribution < 1.29 is 4.79 Å². The molecule has 0 radical (unpaired) electrons. The minimum Gasteiger partial charge on any atom is -0.340 e. The lowest BCUT2D eigenvalue weighted by atomic mass is 10.1. The minimum atomic E-state index is -0.679. The van der Waals surface area contributed by atoms with Gasteiger partial charge in [-0.3, -0.25) is 4.79 Å². The van der Waals surface area contributed by atoms with E-state index in [1.54, 1.807) is 0 Å². The van der Waals surface area contributed by atoms with Gasteiger partial charge in [0.1, 0.15) is 5.41 Å². The average molecular weight is 237 g/mol. The van der Waals surface area contributed by atoms with Gasteiger partial charge in [-0.1, -0.05) is 13.8 Å². The summed E-state index contributed by atoms with van der Waals surface area (Å²) in [6, 6.07) is 2.19. The smallest absolute Gasteiger partial charge is 0.243 e. The lowest BCUT2D eigenvalue weighted by molar-refractivity contribution is -0.135. The van der Waals surface area contributed by atoms with Crippen LogP contribution in [-0.4, -0.2) is 49.4 Å². The first-order chi connectivity index (χ1) is 7.91. The zero-order valence-electron chi connectivity index (χ0n) is 11.4. The predicted molar refractivity (Wildman–Crippen MR) is 67.3 cm³/mol. The summed E-state index contributed by atoms with van der Waals surface area (Å²) in [5.41, 5.74) is -0.679. The Labute approximate surface area is 104 Å². The fraction of sp³-hybridized carbons (Fsp3) is 0.846. The van der Waals surface area contributed by atoms with Crippen molar-refractivity contribution in [1.29, 1.82) is 5.26 Å². The molecular formula is C13H23N3O. The summed E-state index contributed by atoms with van der Waals surface area (Å²) in [6.45, 7) is 6.51. The fourth-order valence-electron chi connectivity index (χ4n) is 1.84. The number of carbonyl (C=O) groups excluding carboxylic acids is 1. The van der Waals surface area contributed by atoms with Gasteiger partial charge in [0.05, 0.1) is 6.07 Å². The second-order valence-corrected chi connectivity index (χ2v) is 5.64. The van der Waals surface area contributed by atoms with Gasteiger partial charge in [-0.2, -0.15) is 5.26 Å². The molecule has 96 valence electrons. The first kappa shape index (κ1) is 14.0. The number of rotatable bonds is 6. The number of nitriles is 1. The molecule has 0 unspecified atom stereocenters. The third-order valence-corrected chi connectivity index (χ3v) is 3.06. The van der Waals surface area contributed by atoms with Crippen LogP contribution >= 0.6 is 0 Å². The van der Waals surface area contributed by atoms with E-state index in [2.05, 4.69) is 24.8 Å². The number of hydrogen-bond donors (Lipinski definition) is 0. The highest BCUT2D eigenvalue weighted by atomic mass is 16.2. The molecule has 1 aliphatic carbocycles. The van der Waals surface area contributed by atoms with Crippen LogP contribution in [-0.2, 0) is 4.79 Å². The van der Waals surface area contributed by atoms with Crippen LogP contribution in [0.2, 0.25) is 0 Å². The fourth-order valence-corrected chi connectivity index (χ4v) is 1.84. The van der Waals surface area contributed by atoms with Crippen molar-refractivity contribution in [3.8, 4) is 6.07 Å². The first-order valence-electron chi connectivity index (χ1n) is 6.26. The van der Waals surface area contributed by atoms with E-state index in [0.29, 0.717) is 12.5 Å².